The molecule has 0 aliphatic rings. The summed E-state index contributed by atoms with van der Waals surface area (Å²) >= 11 is 0. The van der Waals surface area contributed by atoms with Gasteiger partial charge in [-0.15, -0.1) is 0 Å². The number of aliphatic hydroxyl groups excluding tert-OH is 1. The maximum Gasteiger partial charge on any atom is 0.161 e. The zero-order chi connectivity index (χ0) is 12.8. The van der Waals surface area contributed by atoms with E-state index in [-0.39, 0.29) is 6.10 Å². The van der Waals surface area contributed by atoms with Gasteiger partial charge in [-0.25, -0.2) is 0 Å². The van der Waals surface area contributed by atoms with E-state index in [1.54, 1.807) is 33.3 Å². The first kappa shape index (κ1) is 13.8. The molecule has 2 unspecified atom stereocenters. The van der Waals surface area contributed by atoms with Crippen LogP contribution in [0.3, 0.4) is 0 Å². The summed E-state index contributed by atoms with van der Waals surface area (Å²) in [6, 6.07) is 5.39. The molecule has 0 radical (unpaired) electrons. The molecule has 0 aliphatic heterocycles. The van der Waals surface area contributed by atoms with Crippen molar-refractivity contribution in [1.29, 1.82) is 0 Å². The highest BCUT2D eigenvalue weighted by molar-refractivity contribution is 5.43. The van der Waals surface area contributed by atoms with Gasteiger partial charge < -0.3 is 19.3 Å². The van der Waals surface area contributed by atoms with Crippen LogP contribution < -0.4 is 9.47 Å². The summed E-state index contributed by atoms with van der Waals surface area (Å²) in [5.74, 6) is 1.27. The second-order valence-corrected chi connectivity index (χ2v) is 3.94. The van der Waals surface area contributed by atoms with E-state index < -0.39 is 6.10 Å². The van der Waals surface area contributed by atoms with E-state index in [2.05, 4.69) is 0 Å². The smallest absolute Gasteiger partial charge is 0.161 e. The number of aliphatic hydroxyl groups is 1. The summed E-state index contributed by atoms with van der Waals surface area (Å²) in [6.45, 7) is 4.10. The minimum absolute atomic E-state index is 0.0242. The molecule has 0 saturated heterocycles. The molecule has 0 heterocycles. The fraction of sp³-hybridized carbons (Fsp3) is 0.538. The monoisotopic (exact) mass is 240 g/mol. The predicted molar refractivity (Wildman–Crippen MR) is 65.6 cm³/mol. The Hall–Kier alpha value is -1.26. The summed E-state index contributed by atoms with van der Waals surface area (Å²) in [7, 11) is 3.22. The Morgan fingerprint density at radius 1 is 1.18 bits per heavy atom. The van der Waals surface area contributed by atoms with Gasteiger partial charge >= 0.3 is 0 Å². The highest BCUT2D eigenvalue weighted by Gasteiger charge is 2.10. The van der Waals surface area contributed by atoms with E-state index in [9.17, 15) is 5.11 Å². The summed E-state index contributed by atoms with van der Waals surface area (Å²) in [6.07, 6.45) is -0.494. The molecule has 1 aromatic rings. The number of benzene rings is 1. The molecule has 17 heavy (non-hydrogen) atoms. The van der Waals surface area contributed by atoms with E-state index in [0.29, 0.717) is 18.1 Å². The molecule has 1 rings (SSSR count). The second kappa shape index (κ2) is 6.47. The number of hydrogen-bond donors (Lipinski definition) is 1. The number of ether oxygens (including phenoxy) is 3. The minimum atomic E-state index is -0.518. The van der Waals surface area contributed by atoms with Crippen LogP contribution in [0.4, 0.5) is 0 Å². The molecule has 2 atom stereocenters. The van der Waals surface area contributed by atoms with Gasteiger partial charge in [0.2, 0.25) is 0 Å². The molecule has 1 N–H and O–H groups in total. The van der Waals surface area contributed by atoms with E-state index in [4.69, 9.17) is 14.2 Å². The molecular formula is C13H20O4. The van der Waals surface area contributed by atoms with Crippen molar-refractivity contribution in [3.63, 3.8) is 0 Å². The van der Waals surface area contributed by atoms with Crippen molar-refractivity contribution in [2.75, 3.05) is 20.8 Å². The molecule has 4 nitrogen and oxygen atoms in total. The largest absolute Gasteiger partial charge is 0.493 e. The van der Waals surface area contributed by atoms with E-state index in [0.717, 1.165) is 5.56 Å². The fourth-order valence-electron chi connectivity index (χ4n) is 1.34. The molecule has 0 aliphatic carbocycles. The van der Waals surface area contributed by atoms with Gasteiger partial charge in [-0.2, -0.15) is 0 Å². The van der Waals surface area contributed by atoms with Crippen LogP contribution >= 0.6 is 0 Å². The summed E-state index contributed by atoms with van der Waals surface area (Å²) in [5, 5.41) is 9.47. The van der Waals surface area contributed by atoms with Crippen LogP contribution in [-0.2, 0) is 4.74 Å². The van der Waals surface area contributed by atoms with Gasteiger partial charge in [0.1, 0.15) is 6.61 Å². The molecule has 0 saturated carbocycles. The van der Waals surface area contributed by atoms with Crippen molar-refractivity contribution < 1.29 is 19.3 Å². The van der Waals surface area contributed by atoms with E-state index in [1.807, 2.05) is 13.0 Å². The first-order valence-corrected chi connectivity index (χ1v) is 5.60. The lowest BCUT2D eigenvalue weighted by Gasteiger charge is -2.15. The van der Waals surface area contributed by atoms with Crippen molar-refractivity contribution in [2.24, 2.45) is 0 Å². The third-order valence-corrected chi connectivity index (χ3v) is 2.55. The molecule has 96 valence electrons. The SMILES string of the molecule is COc1cc(C(C)O)ccc1OCC(C)OC. The first-order chi connectivity index (χ1) is 8.08. The van der Waals surface area contributed by atoms with Gasteiger partial charge in [-0.3, -0.25) is 0 Å². The van der Waals surface area contributed by atoms with Crippen LogP contribution in [0.1, 0.15) is 25.5 Å². The lowest BCUT2D eigenvalue weighted by Crippen LogP contribution is -2.16. The molecule has 0 spiro atoms. The van der Waals surface area contributed by atoms with Crippen molar-refractivity contribution in [2.45, 2.75) is 26.1 Å². The standard InChI is InChI=1S/C13H20O4/c1-9(15-3)8-17-12-6-5-11(10(2)14)7-13(12)16-4/h5-7,9-10,14H,8H2,1-4H3. The molecular weight excluding hydrogens is 220 g/mol. The Morgan fingerprint density at radius 3 is 2.41 bits per heavy atom. The maximum absolute atomic E-state index is 9.47. The van der Waals surface area contributed by atoms with Crippen LogP contribution in [0.15, 0.2) is 18.2 Å². The molecule has 1 aromatic carbocycles. The Morgan fingerprint density at radius 2 is 1.88 bits per heavy atom. The minimum Gasteiger partial charge on any atom is -0.493 e. The molecule has 0 amide bonds. The van der Waals surface area contributed by atoms with Crippen LogP contribution in [-0.4, -0.2) is 32.0 Å². The topological polar surface area (TPSA) is 47.9 Å². The average molecular weight is 240 g/mol. The van der Waals surface area contributed by atoms with Gasteiger partial charge in [0.25, 0.3) is 0 Å². The highest BCUT2D eigenvalue weighted by Crippen LogP contribution is 2.30. The highest BCUT2D eigenvalue weighted by atomic mass is 16.5. The van der Waals surface area contributed by atoms with Crippen LogP contribution in [0.25, 0.3) is 0 Å². The first-order valence-electron chi connectivity index (χ1n) is 5.60. The Kier molecular flexibility index (Phi) is 5.25. The summed E-state index contributed by atoms with van der Waals surface area (Å²) in [5.41, 5.74) is 0.800. The van der Waals surface area contributed by atoms with Crippen LogP contribution in [0.2, 0.25) is 0 Å². The Bertz CT molecular complexity index is 349. The van der Waals surface area contributed by atoms with Crippen molar-refractivity contribution in [3.05, 3.63) is 23.8 Å². The third kappa shape index (κ3) is 3.91. The molecule has 0 fully saturated rings. The number of hydrogen-bond acceptors (Lipinski definition) is 4. The summed E-state index contributed by atoms with van der Waals surface area (Å²) < 4.78 is 15.9. The van der Waals surface area contributed by atoms with E-state index in [1.165, 1.54) is 0 Å². The van der Waals surface area contributed by atoms with Gasteiger partial charge in [0, 0.05) is 7.11 Å². The lowest BCUT2D eigenvalue weighted by molar-refractivity contribution is 0.0705. The zero-order valence-corrected chi connectivity index (χ0v) is 10.8. The fourth-order valence-corrected chi connectivity index (χ4v) is 1.34. The Labute approximate surface area is 102 Å². The third-order valence-electron chi connectivity index (χ3n) is 2.55. The van der Waals surface area contributed by atoms with Gasteiger partial charge in [0.05, 0.1) is 19.3 Å². The lowest BCUT2D eigenvalue weighted by atomic mass is 10.1. The van der Waals surface area contributed by atoms with Crippen LogP contribution in [0, 0.1) is 0 Å². The zero-order valence-electron chi connectivity index (χ0n) is 10.8. The van der Waals surface area contributed by atoms with Crippen molar-refractivity contribution in [3.8, 4) is 11.5 Å². The van der Waals surface area contributed by atoms with E-state index >= 15 is 0 Å². The van der Waals surface area contributed by atoms with Gasteiger partial charge in [-0.1, -0.05) is 6.07 Å². The summed E-state index contributed by atoms with van der Waals surface area (Å²) in [4.78, 5) is 0. The number of rotatable bonds is 6. The molecule has 0 aromatic heterocycles. The van der Waals surface area contributed by atoms with Gasteiger partial charge in [0.15, 0.2) is 11.5 Å². The average Bonchev–Trinajstić information content (AvgIpc) is 2.35. The van der Waals surface area contributed by atoms with Gasteiger partial charge in [-0.05, 0) is 31.5 Å². The second-order valence-electron chi connectivity index (χ2n) is 3.94. The molecule has 0 bridgehead atoms. The van der Waals surface area contributed by atoms with Crippen LogP contribution in [0.5, 0.6) is 11.5 Å². The quantitative estimate of drug-likeness (QED) is 0.827. The Balaban J connectivity index is 2.78. The van der Waals surface area contributed by atoms with Crippen molar-refractivity contribution >= 4 is 0 Å². The molecule has 4 heteroatoms. The normalized spacial score (nSPS) is 14.2. The predicted octanol–water partition coefficient (Wildman–Crippen LogP) is 2.16. The van der Waals surface area contributed by atoms with Crippen molar-refractivity contribution in [1.82, 2.24) is 0 Å². The maximum atomic E-state index is 9.47. The number of methoxy groups -OCH3 is 2.